The topological polar surface area (TPSA) is 66.8 Å². The summed E-state index contributed by atoms with van der Waals surface area (Å²) < 4.78 is 1.83. The first-order chi connectivity index (χ1) is 10.7. The van der Waals surface area contributed by atoms with Gasteiger partial charge in [0, 0.05) is 25.5 Å². The van der Waals surface area contributed by atoms with Gasteiger partial charge in [0.15, 0.2) is 0 Å². The van der Waals surface area contributed by atoms with Crippen LogP contribution in [0.2, 0.25) is 0 Å². The largest absolute Gasteiger partial charge is 0.342 e. The van der Waals surface area contributed by atoms with Gasteiger partial charge in [-0.25, -0.2) is 9.97 Å². The third-order valence-electron chi connectivity index (χ3n) is 4.32. The fourth-order valence-electron chi connectivity index (χ4n) is 2.89. The molecular formula is C16H17N5O. The molecule has 2 aromatic heterocycles. The zero-order valence-electron chi connectivity index (χ0n) is 12.3. The molecule has 22 heavy (non-hydrogen) atoms. The molecule has 6 nitrogen and oxygen atoms in total. The maximum Gasteiger partial charge on any atom is 0.245 e. The molecule has 4 rings (SSSR count). The van der Waals surface area contributed by atoms with Gasteiger partial charge in [0.1, 0.15) is 11.9 Å². The Balaban J connectivity index is 1.44. The van der Waals surface area contributed by atoms with Crippen LogP contribution in [0.1, 0.15) is 24.7 Å². The maximum atomic E-state index is 12.4. The number of aromatic nitrogens is 4. The van der Waals surface area contributed by atoms with Crippen molar-refractivity contribution >= 4 is 16.9 Å². The summed E-state index contributed by atoms with van der Waals surface area (Å²) in [5.74, 6) is 1.40. The van der Waals surface area contributed by atoms with Gasteiger partial charge in [0.25, 0.3) is 0 Å². The number of amides is 1. The molecule has 1 atom stereocenters. The van der Waals surface area contributed by atoms with Crippen LogP contribution in [0.15, 0.2) is 43.0 Å². The van der Waals surface area contributed by atoms with Gasteiger partial charge in [-0.05, 0) is 19.1 Å². The molecule has 0 aliphatic carbocycles. The smallest absolute Gasteiger partial charge is 0.245 e. The SMILES string of the molecule is CC(C(=O)N1CC(c2nc3ccccc3[nH]2)C1)n1ccnc1. The molecule has 6 heteroatoms. The van der Waals surface area contributed by atoms with E-state index >= 15 is 0 Å². The second-order valence-electron chi connectivity index (χ2n) is 5.77. The quantitative estimate of drug-likeness (QED) is 0.803. The van der Waals surface area contributed by atoms with E-state index in [4.69, 9.17) is 0 Å². The Morgan fingerprint density at radius 2 is 2.18 bits per heavy atom. The molecule has 1 N–H and O–H groups in total. The van der Waals surface area contributed by atoms with Crippen molar-refractivity contribution < 1.29 is 4.79 Å². The zero-order valence-corrected chi connectivity index (χ0v) is 12.3. The fourth-order valence-corrected chi connectivity index (χ4v) is 2.89. The molecule has 0 spiro atoms. The van der Waals surface area contributed by atoms with Gasteiger partial charge in [-0.3, -0.25) is 4.79 Å². The highest BCUT2D eigenvalue weighted by Crippen LogP contribution is 2.28. The van der Waals surface area contributed by atoms with Crippen molar-refractivity contribution in [1.82, 2.24) is 24.4 Å². The summed E-state index contributed by atoms with van der Waals surface area (Å²) in [6.45, 7) is 3.34. The standard InChI is InChI=1S/C16H17N5O/c1-11(20-7-6-17-10-20)16(22)21-8-12(9-21)15-18-13-4-2-3-5-14(13)19-15/h2-7,10-12H,8-9H2,1H3,(H,18,19). The maximum absolute atomic E-state index is 12.4. The van der Waals surface area contributed by atoms with E-state index in [0.717, 1.165) is 29.9 Å². The summed E-state index contributed by atoms with van der Waals surface area (Å²) >= 11 is 0. The number of fused-ring (bicyclic) bond motifs is 1. The minimum absolute atomic E-state index is 0.130. The molecule has 1 aromatic carbocycles. The van der Waals surface area contributed by atoms with Gasteiger partial charge in [-0.1, -0.05) is 12.1 Å². The Morgan fingerprint density at radius 3 is 2.91 bits per heavy atom. The molecule has 3 aromatic rings. The van der Waals surface area contributed by atoms with Crippen molar-refractivity contribution in [2.75, 3.05) is 13.1 Å². The highest BCUT2D eigenvalue weighted by atomic mass is 16.2. The normalized spacial score (nSPS) is 16.7. The Bertz CT molecular complexity index is 768. The second kappa shape index (κ2) is 4.98. The van der Waals surface area contributed by atoms with E-state index in [1.54, 1.807) is 12.5 Å². The van der Waals surface area contributed by atoms with Gasteiger partial charge in [0.05, 0.1) is 23.3 Å². The van der Waals surface area contributed by atoms with Gasteiger partial charge in [0.2, 0.25) is 5.91 Å². The molecule has 0 saturated carbocycles. The summed E-state index contributed by atoms with van der Waals surface area (Å²) in [6, 6.07) is 7.79. The number of aromatic amines is 1. The molecule has 1 aliphatic heterocycles. The lowest BCUT2D eigenvalue weighted by molar-refractivity contribution is -0.138. The third kappa shape index (κ3) is 2.07. The van der Waals surface area contributed by atoms with Crippen molar-refractivity contribution in [2.45, 2.75) is 18.9 Å². The first-order valence-electron chi connectivity index (χ1n) is 7.43. The highest BCUT2D eigenvalue weighted by molar-refractivity contribution is 5.81. The number of benzene rings is 1. The van der Waals surface area contributed by atoms with E-state index in [2.05, 4.69) is 15.0 Å². The van der Waals surface area contributed by atoms with Gasteiger partial charge in [-0.15, -0.1) is 0 Å². The number of para-hydroxylation sites is 2. The number of nitrogens with zero attached hydrogens (tertiary/aromatic N) is 4. The van der Waals surface area contributed by atoms with E-state index < -0.39 is 0 Å². The third-order valence-corrected chi connectivity index (χ3v) is 4.32. The van der Waals surface area contributed by atoms with E-state index in [1.807, 2.05) is 46.9 Å². The summed E-state index contributed by atoms with van der Waals surface area (Å²) in [7, 11) is 0. The molecular weight excluding hydrogens is 278 g/mol. The number of imidazole rings is 2. The van der Waals surface area contributed by atoms with E-state index in [1.165, 1.54) is 0 Å². The van der Waals surface area contributed by atoms with E-state index in [0.29, 0.717) is 5.92 Å². The Labute approximate surface area is 127 Å². The molecule has 1 aliphatic rings. The molecule has 1 saturated heterocycles. The van der Waals surface area contributed by atoms with Crippen LogP contribution >= 0.6 is 0 Å². The van der Waals surface area contributed by atoms with Crippen molar-refractivity contribution in [3.63, 3.8) is 0 Å². The van der Waals surface area contributed by atoms with Crippen molar-refractivity contribution in [3.8, 4) is 0 Å². The van der Waals surface area contributed by atoms with Crippen LogP contribution in [-0.2, 0) is 4.79 Å². The number of carbonyl (C=O) groups excluding carboxylic acids is 1. The summed E-state index contributed by atoms with van der Waals surface area (Å²) in [5.41, 5.74) is 2.03. The van der Waals surface area contributed by atoms with Crippen LogP contribution in [0.4, 0.5) is 0 Å². The molecule has 3 heterocycles. The van der Waals surface area contributed by atoms with Crippen LogP contribution in [0, 0.1) is 0 Å². The first-order valence-corrected chi connectivity index (χ1v) is 7.43. The average Bonchev–Trinajstić information content (AvgIpc) is 3.13. The van der Waals surface area contributed by atoms with Crippen LogP contribution in [0.5, 0.6) is 0 Å². The molecule has 0 radical (unpaired) electrons. The van der Waals surface area contributed by atoms with Crippen LogP contribution in [-0.4, -0.2) is 43.4 Å². The Hall–Kier alpha value is -2.63. The molecule has 112 valence electrons. The van der Waals surface area contributed by atoms with E-state index in [-0.39, 0.29) is 11.9 Å². The minimum atomic E-state index is -0.209. The second-order valence-corrected chi connectivity index (χ2v) is 5.77. The number of nitrogens with one attached hydrogen (secondary N) is 1. The molecule has 1 unspecified atom stereocenters. The van der Waals surface area contributed by atoms with Crippen molar-refractivity contribution in [2.24, 2.45) is 0 Å². The minimum Gasteiger partial charge on any atom is -0.342 e. The summed E-state index contributed by atoms with van der Waals surface area (Å²) in [6.07, 6.45) is 5.19. The molecule has 1 fully saturated rings. The Kier molecular flexibility index (Phi) is 2.96. The predicted molar refractivity (Wildman–Crippen MR) is 82.4 cm³/mol. The van der Waals surface area contributed by atoms with Gasteiger partial charge in [-0.2, -0.15) is 0 Å². The fraction of sp³-hybridized carbons (Fsp3) is 0.312. The monoisotopic (exact) mass is 295 g/mol. The summed E-state index contributed by atoms with van der Waals surface area (Å²) in [5, 5.41) is 0. The number of rotatable bonds is 3. The van der Waals surface area contributed by atoms with Gasteiger partial charge < -0.3 is 14.5 Å². The average molecular weight is 295 g/mol. The molecule has 0 bridgehead atoms. The predicted octanol–water partition coefficient (Wildman–Crippen LogP) is 1.95. The number of hydrogen-bond donors (Lipinski definition) is 1. The van der Waals surface area contributed by atoms with Crippen LogP contribution < -0.4 is 0 Å². The number of hydrogen-bond acceptors (Lipinski definition) is 3. The van der Waals surface area contributed by atoms with Crippen molar-refractivity contribution in [1.29, 1.82) is 0 Å². The molecule has 1 amide bonds. The lowest BCUT2D eigenvalue weighted by Crippen LogP contribution is -2.50. The number of carbonyl (C=O) groups is 1. The van der Waals surface area contributed by atoms with Gasteiger partial charge >= 0.3 is 0 Å². The highest BCUT2D eigenvalue weighted by Gasteiger charge is 2.35. The van der Waals surface area contributed by atoms with Crippen molar-refractivity contribution in [3.05, 3.63) is 48.8 Å². The number of H-pyrrole nitrogens is 1. The first kappa shape index (κ1) is 13.1. The summed E-state index contributed by atoms with van der Waals surface area (Å²) in [4.78, 5) is 26.3. The van der Waals surface area contributed by atoms with E-state index in [9.17, 15) is 4.79 Å². The van der Waals surface area contributed by atoms with Crippen LogP contribution in [0.3, 0.4) is 0 Å². The lowest BCUT2D eigenvalue weighted by atomic mass is 9.98. The lowest BCUT2D eigenvalue weighted by Gasteiger charge is -2.39. The van der Waals surface area contributed by atoms with Crippen LogP contribution in [0.25, 0.3) is 11.0 Å². The number of likely N-dealkylation sites (tertiary alicyclic amines) is 1. The zero-order chi connectivity index (χ0) is 15.1. The Morgan fingerprint density at radius 1 is 1.36 bits per heavy atom.